The maximum atomic E-state index is 13.9. The molecule has 6 nitrogen and oxygen atoms in total. The lowest BCUT2D eigenvalue weighted by Crippen LogP contribution is -2.49. The summed E-state index contributed by atoms with van der Waals surface area (Å²) in [6.07, 6.45) is 1.63. The highest BCUT2D eigenvalue weighted by Crippen LogP contribution is 2.48. The van der Waals surface area contributed by atoms with Gasteiger partial charge >= 0.3 is 0 Å². The molecule has 5 rings (SSSR count). The zero-order valence-corrected chi connectivity index (χ0v) is 21.0. The highest BCUT2D eigenvalue weighted by molar-refractivity contribution is 6.04. The largest absolute Gasteiger partial charge is 0.490 e. The Hall–Kier alpha value is -3.80. The predicted molar refractivity (Wildman–Crippen MR) is 140 cm³/mol. The van der Waals surface area contributed by atoms with Crippen LogP contribution in [0.15, 0.2) is 60.7 Å². The Bertz CT molecular complexity index is 1280. The van der Waals surface area contributed by atoms with Gasteiger partial charge in [0, 0.05) is 17.8 Å². The first-order valence-electron chi connectivity index (χ1n) is 12.8. The number of hydrogen-bond donors (Lipinski definition) is 1. The quantitative estimate of drug-likeness (QED) is 0.479. The van der Waals surface area contributed by atoms with E-state index < -0.39 is 12.0 Å². The molecule has 186 valence electrons. The third-order valence-electron chi connectivity index (χ3n) is 7.10. The zero-order chi connectivity index (χ0) is 25.2. The Morgan fingerprint density at radius 2 is 1.64 bits per heavy atom. The van der Waals surface area contributed by atoms with Crippen molar-refractivity contribution in [3.63, 3.8) is 0 Å². The highest BCUT2D eigenvalue weighted by Gasteiger charge is 2.46. The average molecular weight is 485 g/mol. The van der Waals surface area contributed by atoms with Crippen LogP contribution in [0.3, 0.4) is 0 Å². The van der Waals surface area contributed by atoms with E-state index in [1.807, 2.05) is 79.4 Å². The number of nitrogens with one attached hydrogen (secondary N) is 1. The van der Waals surface area contributed by atoms with E-state index in [0.29, 0.717) is 43.2 Å². The lowest BCUT2D eigenvalue weighted by atomic mass is 9.75. The fourth-order valence-electron chi connectivity index (χ4n) is 5.40. The first-order chi connectivity index (χ1) is 17.5. The molecule has 0 aliphatic carbocycles. The number of benzene rings is 3. The van der Waals surface area contributed by atoms with Gasteiger partial charge < -0.3 is 19.7 Å². The minimum absolute atomic E-state index is 0.0376. The molecule has 0 saturated heterocycles. The van der Waals surface area contributed by atoms with Gasteiger partial charge in [-0.2, -0.15) is 0 Å². The summed E-state index contributed by atoms with van der Waals surface area (Å²) in [5.74, 6) is 0.612. The van der Waals surface area contributed by atoms with Crippen molar-refractivity contribution in [2.75, 3.05) is 25.1 Å². The highest BCUT2D eigenvalue weighted by atomic mass is 16.5. The summed E-state index contributed by atoms with van der Waals surface area (Å²) in [4.78, 5) is 29.4. The van der Waals surface area contributed by atoms with E-state index in [0.717, 1.165) is 28.8 Å². The molecule has 2 amide bonds. The summed E-state index contributed by atoms with van der Waals surface area (Å²) in [5.41, 5.74) is 5.33. The van der Waals surface area contributed by atoms with Gasteiger partial charge in [-0.3, -0.25) is 9.59 Å². The summed E-state index contributed by atoms with van der Waals surface area (Å²) in [6, 6.07) is 19.0. The summed E-state index contributed by atoms with van der Waals surface area (Å²) < 4.78 is 11.8. The molecule has 3 aromatic rings. The predicted octanol–water partition coefficient (Wildman–Crippen LogP) is 5.52. The van der Waals surface area contributed by atoms with Crippen LogP contribution in [0.5, 0.6) is 11.5 Å². The zero-order valence-electron chi connectivity index (χ0n) is 21.0. The van der Waals surface area contributed by atoms with Crippen LogP contribution in [0.25, 0.3) is 0 Å². The maximum Gasteiger partial charge on any atom is 0.254 e. The van der Waals surface area contributed by atoms with Crippen LogP contribution in [-0.2, 0) is 17.6 Å². The molecular weight excluding hydrogens is 452 g/mol. The SMILES string of the molecule is CCOc1cc2c(cc1OCC)[C@H]1[C@@H](C(=O)Nc3ccc(CC)cc3)c3ccccc3C(=O)N1CC2. The van der Waals surface area contributed by atoms with Crippen LogP contribution < -0.4 is 14.8 Å². The van der Waals surface area contributed by atoms with Crippen molar-refractivity contribution < 1.29 is 19.1 Å². The van der Waals surface area contributed by atoms with E-state index in [1.54, 1.807) is 0 Å². The number of carbonyl (C=O) groups is 2. The van der Waals surface area contributed by atoms with Crippen molar-refractivity contribution in [2.45, 2.75) is 45.6 Å². The number of nitrogens with zero attached hydrogens (tertiary/aromatic N) is 1. The van der Waals surface area contributed by atoms with Crippen molar-refractivity contribution in [2.24, 2.45) is 0 Å². The van der Waals surface area contributed by atoms with E-state index in [9.17, 15) is 9.59 Å². The smallest absolute Gasteiger partial charge is 0.254 e. The Kier molecular flexibility index (Phi) is 6.68. The summed E-state index contributed by atoms with van der Waals surface area (Å²) in [6.45, 7) is 7.54. The van der Waals surface area contributed by atoms with Crippen molar-refractivity contribution in [1.29, 1.82) is 0 Å². The first kappa shape index (κ1) is 23.9. The summed E-state index contributed by atoms with van der Waals surface area (Å²) in [5, 5.41) is 3.12. The molecule has 2 aliphatic rings. The van der Waals surface area contributed by atoms with Crippen molar-refractivity contribution in [3.05, 3.63) is 88.5 Å². The van der Waals surface area contributed by atoms with Crippen LogP contribution in [0.2, 0.25) is 0 Å². The van der Waals surface area contributed by atoms with E-state index >= 15 is 0 Å². The molecule has 0 fully saturated rings. The Labute approximate surface area is 212 Å². The molecule has 0 aromatic heterocycles. The van der Waals surface area contributed by atoms with Gasteiger partial charge in [0.2, 0.25) is 5.91 Å². The minimum atomic E-state index is -0.559. The van der Waals surface area contributed by atoms with Crippen LogP contribution in [0.4, 0.5) is 5.69 Å². The van der Waals surface area contributed by atoms with Crippen LogP contribution >= 0.6 is 0 Å². The molecule has 0 unspecified atom stereocenters. The van der Waals surface area contributed by atoms with E-state index in [-0.39, 0.29) is 11.8 Å². The number of amides is 2. The topological polar surface area (TPSA) is 67.9 Å². The number of hydrogen-bond acceptors (Lipinski definition) is 4. The molecule has 2 heterocycles. The summed E-state index contributed by atoms with van der Waals surface area (Å²) >= 11 is 0. The molecule has 3 aromatic carbocycles. The molecule has 36 heavy (non-hydrogen) atoms. The molecule has 0 spiro atoms. The van der Waals surface area contributed by atoms with E-state index in [2.05, 4.69) is 12.2 Å². The number of fused-ring (bicyclic) bond motifs is 4. The lowest BCUT2D eigenvalue weighted by molar-refractivity contribution is -0.119. The lowest BCUT2D eigenvalue weighted by Gasteiger charge is -2.45. The Morgan fingerprint density at radius 1 is 0.944 bits per heavy atom. The molecule has 2 atom stereocenters. The number of ether oxygens (including phenoxy) is 2. The van der Waals surface area contributed by atoms with E-state index in [1.165, 1.54) is 5.56 Å². The fraction of sp³-hybridized carbons (Fsp3) is 0.333. The van der Waals surface area contributed by atoms with Gasteiger partial charge in [-0.25, -0.2) is 0 Å². The van der Waals surface area contributed by atoms with Crippen molar-refractivity contribution in [3.8, 4) is 11.5 Å². The average Bonchev–Trinajstić information content (AvgIpc) is 2.90. The van der Waals surface area contributed by atoms with Crippen LogP contribution in [0, 0.1) is 0 Å². The second-order valence-corrected chi connectivity index (χ2v) is 9.16. The first-order valence-corrected chi connectivity index (χ1v) is 12.8. The molecule has 0 bridgehead atoms. The number of carbonyl (C=O) groups excluding carboxylic acids is 2. The Morgan fingerprint density at radius 3 is 2.33 bits per heavy atom. The fourth-order valence-corrected chi connectivity index (χ4v) is 5.40. The third kappa shape index (κ3) is 4.21. The molecule has 1 N–H and O–H groups in total. The van der Waals surface area contributed by atoms with Gasteiger partial charge in [-0.15, -0.1) is 0 Å². The normalized spacial score (nSPS) is 18.1. The van der Waals surface area contributed by atoms with Crippen molar-refractivity contribution >= 4 is 17.5 Å². The van der Waals surface area contributed by atoms with Gasteiger partial charge in [-0.05, 0) is 79.3 Å². The monoisotopic (exact) mass is 484 g/mol. The number of aryl methyl sites for hydroxylation is 1. The molecular formula is C30H32N2O4. The van der Waals surface area contributed by atoms with Gasteiger partial charge in [0.1, 0.15) is 0 Å². The van der Waals surface area contributed by atoms with E-state index in [4.69, 9.17) is 9.47 Å². The Balaban J connectivity index is 1.61. The molecule has 6 heteroatoms. The van der Waals surface area contributed by atoms with Crippen molar-refractivity contribution in [1.82, 2.24) is 4.90 Å². The second-order valence-electron chi connectivity index (χ2n) is 9.16. The minimum Gasteiger partial charge on any atom is -0.490 e. The number of rotatable bonds is 7. The van der Waals surface area contributed by atoms with Crippen LogP contribution in [-0.4, -0.2) is 36.5 Å². The van der Waals surface area contributed by atoms with Crippen LogP contribution in [0.1, 0.15) is 65.3 Å². The molecule has 2 aliphatic heterocycles. The van der Waals surface area contributed by atoms with Gasteiger partial charge in [0.15, 0.2) is 11.5 Å². The number of anilines is 1. The standard InChI is InChI=1S/C30H32N2O4/c1-4-19-11-13-21(14-12-19)31-29(33)27-22-9-7-8-10-23(22)30(34)32-16-15-20-17-25(35-5-2)26(36-6-3)18-24(20)28(27)32/h7-14,17-18,27-28H,4-6,15-16H2,1-3H3,(H,31,33)/t27-,28-/m0/s1. The third-order valence-corrected chi connectivity index (χ3v) is 7.10. The maximum absolute atomic E-state index is 13.9. The second kappa shape index (κ2) is 10.1. The van der Waals surface area contributed by atoms with Gasteiger partial charge in [-0.1, -0.05) is 37.3 Å². The molecule has 0 saturated carbocycles. The molecule has 0 radical (unpaired) electrons. The van der Waals surface area contributed by atoms with Gasteiger partial charge in [0.05, 0.1) is 25.2 Å². The summed E-state index contributed by atoms with van der Waals surface area (Å²) in [7, 11) is 0. The van der Waals surface area contributed by atoms with Gasteiger partial charge in [0.25, 0.3) is 5.91 Å².